The van der Waals surface area contributed by atoms with Crippen LogP contribution < -0.4 is 5.32 Å². The molecule has 0 aliphatic heterocycles. The normalized spacial score (nSPS) is 11.3. The highest BCUT2D eigenvalue weighted by atomic mass is 19.4. The smallest absolute Gasteiger partial charge is 0.405 e. The van der Waals surface area contributed by atoms with Gasteiger partial charge in [-0.3, -0.25) is 4.79 Å². The highest BCUT2D eigenvalue weighted by molar-refractivity contribution is 6.05. The predicted molar refractivity (Wildman–Crippen MR) is 101 cm³/mol. The van der Waals surface area contributed by atoms with Crippen molar-refractivity contribution in [1.29, 1.82) is 0 Å². The number of hydrogen-bond acceptors (Lipinski definition) is 4. The van der Waals surface area contributed by atoms with Crippen LogP contribution in [0.1, 0.15) is 15.9 Å². The molecule has 2 aromatic carbocycles. The van der Waals surface area contributed by atoms with Crippen LogP contribution in [0.3, 0.4) is 0 Å². The molecule has 1 amide bonds. The molecular formula is C21H17F3N2O3. The number of aromatic nitrogens is 1. The topological polar surface area (TPSA) is 68.3 Å². The number of pyridine rings is 1. The number of benzene rings is 2. The second kappa shape index (κ2) is 8.30. The van der Waals surface area contributed by atoms with Crippen molar-refractivity contribution in [2.24, 2.45) is 0 Å². The maximum atomic E-state index is 12.6. The fraction of sp³-hybridized carbons (Fsp3) is 0.190. The Bertz CT molecular complexity index is 1050. The van der Waals surface area contributed by atoms with Crippen LogP contribution in [-0.2, 0) is 9.53 Å². The van der Waals surface area contributed by atoms with Crippen LogP contribution in [0.4, 0.5) is 13.2 Å². The van der Waals surface area contributed by atoms with Crippen LogP contribution in [0.2, 0.25) is 0 Å². The first-order valence-electron chi connectivity index (χ1n) is 8.70. The Balaban J connectivity index is 1.87. The number of carbonyl (C=O) groups excluding carboxylic acids is 2. The minimum Gasteiger partial charge on any atom is -0.452 e. The lowest BCUT2D eigenvalue weighted by Gasteiger charge is -2.11. The molecule has 0 radical (unpaired) electrons. The van der Waals surface area contributed by atoms with Crippen molar-refractivity contribution in [3.05, 3.63) is 65.7 Å². The number of amides is 1. The zero-order chi connectivity index (χ0) is 21.0. The highest BCUT2D eigenvalue weighted by Gasteiger charge is 2.28. The van der Waals surface area contributed by atoms with E-state index in [2.05, 4.69) is 4.98 Å². The van der Waals surface area contributed by atoms with Crippen LogP contribution in [0.25, 0.3) is 22.2 Å². The summed E-state index contributed by atoms with van der Waals surface area (Å²) in [5, 5.41) is 2.19. The SMILES string of the molecule is Cc1ccc2nc(-c3ccccc3)cc(C(=O)OCC(=O)NCC(F)(F)F)c2c1. The molecule has 0 spiro atoms. The van der Waals surface area contributed by atoms with Gasteiger partial charge in [0.2, 0.25) is 0 Å². The molecule has 0 saturated heterocycles. The number of fused-ring (bicyclic) bond motifs is 1. The third-order valence-electron chi connectivity index (χ3n) is 4.07. The number of halogens is 3. The number of ether oxygens (including phenoxy) is 1. The maximum absolute atomic E-state index is 12.6. The van der Waals surface area contributed by atoms with Gasteiger partial charge in [-0.05, 0) is 25.1 Å². The minimum atomic E-state index is -4.54. The molecule has 5 nitrogen and oxygen atoms in total. The molecule has 0 aliphatic rings. The summed E-state index contributed by atoms with van der Waals surface area (Å²) < 4.78 is 41.5. The number of esters is 1. The maximum Gasteiger partial charge on any atom is 0.405 e. The van der Waals surface area contributed by atoms with E-state index < -0.39 is 31.2 Å². The molecular weight excluding hydrogens is 385 g/mol. The van der Waals surface area contributed by atoms with Crippen LogP contribution >= 0.6 is 0 Å². The number of carbonyl (C=O) groups is 2. The van der Waals surface area contributed by atoms with E-state index >= 15 is 0 Å². The average Bonchev–Trinajstić information content (AvgIpc) is 2.69. The molecule has 0 fully saturated rings. The molecule has 0 aliphatic carbocycles. The van der Waals surface area contributed by atoms with Gasteiger partial charge in [0.05, 0.1) is 16.8 Å². The quantitative estimate of drug-likeness (QED) is 0.654. The van der Waals surface area contributed by atoms with E-state index in [0.717, 1.165) is 11.1 Å². The van der Waals surface area contributed by atoms with E-state index in [-0.39, 0.29) is 5.56 Å². The fourth-order valence-corrected chi connectivity index (χ4v) is 2.72. The van der Waals surface area contributed by atoms with Crippen molar-refractivity contribution in [2.45, 2.75) is 13.1 Å². The summed E-state index contributed by atoms with van der Waals surface area (Å²) in [6.45, 7) is -0.450. The van der Waals surface area contributed by atoms with Gasteiger partial charge in [-0.2, -0.15) is 13.2 Å². The first kappa shape index (κ1) is 20.3. The third kappa shape index (κ3) is 5.31. The first-order chi connectivity index (χ1) is 13.7. The van der Waals surface area contributed by atoms with E-state index in [9.17, 15) is 22.8 Å². The number of aryl methyl sites for hydroxylation is 1. The number of nitrogens with zero attached hydrogens (tertiary/aromatic N) is 1. The lowest BCUT2D eigenvalue weighted by atomic mass is 10.0. The van der Waals surface area contributed by atoms with Gasteiger partial charge >= 0.3 is 12.1 Å². The molecule has 29 heavy (non-hydrogen) atoms. The van der Waals surface area contributed by atoms with E-state index in [1.165, 1.54) is 0 Å². The summed E-state index contributed by atoms with van der Waals surface area (Å²) in [6.07, 6.45) is -4.54. The second-order valence-electron chi connectivity index (χ2n) is 6.41. The van der Waals surface area contributed by atoms with Crippen molar-refractivity contribution in [2.75, 3.05) is 13.2 Å². The molecule has 150 valence electrons. The summed E-state index contributed by atoms with van der Waals surface area (Å²) in [5.41, 5.74) is 2.96. The lowest BCUT2D eigenvalue weighted by molar-refractivity contribution is -0.140. The number of alkyl halides is 3. The van der Waals surface area contributed by atoms with Crippen molar-refractivity contribution < 1.29 is 27.5 Å². The van der Waals surface area contributed by atoms with Crippen LogP contribution in [-0.4, -0.2) is 36.2 Å². The minimum absolute atomic E-state index is 0.182. The Kier molecular flexibility index (Phi) is 5.81. The largest absolute Gasteiger partial charge is 0.452 e. The van der Waals surface area contributed by atoms with Crippen LogP contribution in [0, 0.1) is 6.92 Å². The van der Waals surface area contributed by atoms with Gasteiger partial charge < -0.3 is 10.1 Å². The van der Waals surface area contributed by atoms with Gasteiger partial charge in [-0.25, -0.2) is 9.78 Å². The average molecular weight is 402 g/mol. The zero-order valence-corrected chi connectivity index (χ0v) is 15.4. The van der Waals surface area contributed by atoms with Gasteiger partial charge in [-0.1, -0.05) is 42.0 Å². The Morgan fingerprint density at radius 1 is 1.07 bits per heavy atom. The third-order valence-corrected chi connectivity index (χ3v) is 4.07. The molecule has 1 N–H and O–H groups in total. The molecule has 1 heterocycles. The van der Waals surface area contributed by atoms with E-state index in [1.54, 1.807) is 23.5 Å². The van der Waals surface area contributed by atoms with Crippen molar-refractivity contribution in [3.63, 3.8) is 0 Å². The summed E-state index contributed by atoms with van der Waals surface area (Å²) >= 11 is 0. The summed E-state index contributed by atoms with van der Waals surface area (Å²) in [6, 6.07) is 16.1. The van der Waals surface area contributed by atoms with Crippen molar-refractivity contribution in [3.8, 4) is 11.3 Å². The van der Waals surface area contributed by atoms with Gasteiger partial charge in [0.1, 0.15) is 6.54 Å². The van der Waals surface area contributed by atoms with E-state index in [4.69, 9.17) is 4.74 Å². The van der Waals surface area contributed by atoms with Crippen molar-refractivity contribution in [1.82, 2.24) is 10.3 Å². The van der Waals surface area contributed by atoms with Gasteiger partial charge in [0.15, 0.2) is 6.61 Å². The van der Waals surface area contributed by atoms with E-state index in [1.807, 2.05) is 43.3 Å². The molecule has 8 heteroatoms. The molecule has 0 bridgehead atoms. The number of rotatable bonds is 5. The second-order valence-corrected chi connectivity index (χ2v) is 6.41. The summed E-state index contributed by atoms with van der Waals surface area (Å²) in [7, 11) is 0. The van der Waals surface area contributed by atoms with E-state index in [0.29, 0.717) is 16.6 Å². The monoisotopic (exact) mass is 402 g/mol. The molecule has 1 aromatic heterocycles. The molecule has 3 rings (SSSR count). The molecule has 0 unspecified atom stereocenters. The number of hydrogen-bond donors (Lipinski definition) is 1. The first-order valence-corrected chi connectivity index (χ1v) is 8.70. The fourth-order valence-electron chi connectivity index (χ4n) is 2.72. The number of nitrogens with one attached hydrogen (secondary N) is 1. The predicted octanol–water partition coefficient (Wildman–Crippen LogP) is 4.05. The Labute approximate surface area is 164 Å². The lowest BCUT2D eigenvalue weighted by Crippen LogP contribution is -2.36. The molecule has 3 aromatic rings. The van der Waals surface area contributed by atoms with Gasteiger partial charge in [0.25, 0.3) is 5.91 Å². The van der Waals surface area contributed by atoms with Gasteiger partial charge in [-0.15, -0.1) is 0 Å². The van der Waals surface area contributed by atoms with Gasteiger partial charge in [0, 0.05) is 10.9 Å². The van der Waals surface area contributed by atoms with Crippen molar-refractivity contribution >= 4 is 22.8 Å². The standard InChI is InChI=1S/C21H17F3N2O3/c1-13-7-8-17-15(9-13)16(10-18(26-17)14-5-3-2-4-6-14)20(28)29-11-19(27)25-12-21(22,23)24/h2-10H,11-12H2,1H3,(H,25,27). The molecule has 0 saturated carbocycles. The van der Waals surface area contributed by atoms with Crippen LogP contribution in [0.15, 0.2) is 54.6 Å². The zero-order valence-electron chi connectivity index (χ0n) is 15.4. The Morgan fingerprint density at radius 3 is 2.48 bits per heavy atom. The van der Waals surface area contributed by atoms with Crippen LogP contribution in [0.5, 0.6) is 0 Å². The highest BCUT2D eigenvalue weighted by Crippen LogP contribution is 2.26. The Hall–Kier alpha value is -3.42. The Morgan fingerprint density at radius 2 is 1.79 bits per heavy atom. The molecule has 0 atom stereocenters. The summed E-state index contributed by atoms with van der Waals surface area (Å²) in [4.78, 5) is 28.7. The summed E-state index contributed by atoms with van der Waals surface area (Å²) in [5.74, 6) is -1.85.